The molecule has 2 aromatic carbocycles. The number of hydrogen-bond acceptors (Lipinski definition) is 0. The summed E-state index contributed by atoms with van der Waals surface area (Å²) in [5.74, 6) is 0. The molecular formula is C16H16Cl2NSi. The van der Waals surface area contributed by atoms with Crippen LogP contribution in [0.1, 0.15) is 25.7 Å². The van der Waals surface area contributed by atoms with Crippen molar-refractivity contribution in [2.45, 2.75) is 25.7 Å². The lowest BCUT2D eigenvalue weighted by Crippen LogP contribution is -2.09. The summed E-state index contributed by atoms with van der Waals surface area (Å²) in [6.07, 6.45) is 6.00. The topological polar surface area (TPSA) is 4.93 Å². The number of hydrogen-bond donors (Lipinski definition) is 0. The van der Waals surface area contributed by atoms with E-state index in [9.17, 15) is 0 Å². The van der Waals surface area contributed by atoms with Crippen molar-refractivity contribution in [2.24, 2.45) is 0 Å². The van der Waals surface area contributed by atoms with Crippen LogP contribution in [0.5, 0.6) is 0 Å². The molecule has 3 aromatic rings. The fourth-order valence-electron chi connectivity index (χ4n) is 2.35. The molecule has 103 valence electrons. The van der Waals surface area contributed by atoms with Crippen molar-refractivity contribution >= 4 is 51.5 Å². The lowest BCUT2D eigenvalue weighted by molar-refractivity contribution is 0.504. The van der Waals surface area contributed by atoms with Gasteiger partial charge in [0.15, 0.2) is 0 Å². The summed E-state index contributed by atoms with van der Waals surface area (Å²) in [7, 11) is -1.56. The van der Waals surface area contributed by atoms with E-state index in [0.29, 0.717) is 0 Å². The maximum absolute atomic E-state index is 6.13. The summed E-state index contributed by atoms with van der Waals surface area (Å²) in [6, 6.07) is 16.4. The Hall–Kier alpha value is -0.963. The number of benzene rings is 2. The van der Waals surface area contributed by atoms with Gasteiger partial charge in [-0.15, -0.1) is 22.2 Å². The van der Waals surface area contributed by atoms with Gasteiger partial charge in [0.1, 0.15) is 0 Å². The van der Waals surface area contributed by atoms with Crippen LogP contribution >= 0.6 is 22.2 Å². The molecule has 4 rings (SSSR count). The largest absolute Gasteiger partial charge is 0.399 e. The lowest BCUT2D eigenvalue weighted by atomic mass is 10.0. The third-order valence-electron chi connectivity index (χ3n) is 3.75. The minimum atomic E-state index is -1.56. The Morgan fingerprint density at radius 2 is 1.10 bits per heavy atom. The molecule has 1 aliphatic carbocycles. The van der Waals surface area contributed by atoms with Crippen molar-refractivity contribution in [1.82, 2.24) is 4.23 Å². The van der Waals surface area contributed by atoms with Crippen LogP contribution in [0.3, 0.4) is 0 Å². The van der Waals surface area contributed by atoms with Crippen LogP contribution in [0.15, 0.2) is 48.5 Å². The highest BCUT2D eigenvalue weighted by molar-refractivity contribution is 7.33. The van der Waals surface area contributed by atoms with Gasteiger partial charge < -0.3 is 4.23 Å². The van der Waals surface area contributed by atoms with E-state index in [1.54, 1.807) is 0 Å². The second-order valence-corrected chi connectivity index (χ2v) is 8.68. The summed E-state index contributed by atoms with van der Waals surface area (Å²) in [5, 5.41) is 2.42. The van der Waals surface area contributed by atoms with Gasteiger partial charge in [-0.2, -0.15) is 0 Å². The number of rotatable bonds is 1. The molecule has 20 heavy (non-hydrogen) atoms. The average molecular weight is 321 g/mol. The fraction of sp³-hybridized carbons (Fsp3) is 0.250. The molecule has 4 heteroatoms. The molecule has 1 heterocycles. The summed E-state index contributed by atoms with van der Waals surface area (Å²) in [4.78, 5) is 0. The number of halogens is 2. The highest BCUT2D eigenvalue weighted by Crippen LogP contribution is 2.30. The van der Waals surface area contributed by atoms with E-state index in [4.69, 9.17) is 22.2 Å². The highest BCUT2D eigenvalue weighted by Gasteiger charge is 2.16. The van der Waals surface area contributed by atoms with Crippen LogP contribution in [-0.4, -0.2) is 11.8 Å². The molecule has 1 fully saturated rings. The average Bonchev–Trinajstić information content (AvgIpc) is 2.71. The lowest BCUT2D eigenvalue weighted by Gasteiger charge is -2.05. The van der Waals surface area contributed by atoms with Crippen LogP contribution in [0.2, 0.25) is 0 Å². The van der Waals surface area contributed by atoms with Gasteiger partial charge in [0.25, 0.3) is 0 Å². The van der Waals surface area contributed by atoms with Gasteiger partial charge in [-0.1, -0.05) is 62.1 Å². The van der Waals surface area contributed by atoms with E-state index >= 15 is 0 Å². The number of para-hydroxylation sites is 2. The smallest absolute Gasteiger partial charge is 0.341 e. The van der Waals surface area contributed by atoms with E-state index < -0.39 is 7.58 Å². The zero-order chi connectivity index (χ0) is 13.9. The quantitative estimate of drug-likeness (QED) is 0.402. The van der Waals surface area contributed by atoms with Gasteiger partial charge in [0, 0.05) is 21.8 Å². The summed E-state index contributed by atoms with van der Waals surface area (Å²) in [6.45, 7) is 0. The van der Waals surface area contributed by atoms with Gasteiger partial charge in [-0.05, 0) is 12.1 Å². The third kappa shape index (κ3) is 2.60. The van der Waals surface area contributed by atoms with E-state index in [-0.39, 0.29) is 0 Å². The van der Waals surface area contributed by atoms with Crippen molar-refractivity contribution in [3.63, 3.8) is 0 Å². The Kier molecular flexibility index (Phi) is 4.34. The van der Waals surface area contributed by atoms with Crippen LogP contribution in [0.25, 0.3) is 21.8 Å². The molecule has 0 spiro atoms. The standard InChI is InChI=1S/C12H8Cl2NSi.C4H8/c13-16(14)15-11-7-3-1-5-9(11)10-6-2-4-8-12(10)15;1-2-4-3-1/h1-8H;1-4H2. The van der Waals surface area contributed by atoms with E-state index in [1.807, 2.05) is 28.5 Å². The molecule has 0 saturated heterocycles. The molecule has 1 radical (unpaired) electrons. The minimum Gasteiger partial charge on any atom is -0.341 e. The predicted molar refractivity (Wildman–Crippen MR) is 90.8 cm³/mol. The van der Waals surface area contributed by atoms with Gasteiger partial charge in [-0.3, -0.25) is 0 Å². The molecule has 0 amide bonds. The first-order valence-electron chi connectivity index (χ1n) is 6.95. The predicted octanol–water partition coefficient (Wildman–Crippen LogP) is 5.67. The number of aromatic nitrogens is 1. The normalized spacial score (nSPS) is 14.2. The van der Waals surface area contributed by atoms with Crippen molar-refractivity contribution in [1.29, 1.82) is 0 Å². The molecule has 0 aliphatic heterocycles. The Morgan fingerprint density at radius 3 is 1.45 bits per heavy atom. The fourth-order valence-corrected chi connectivity index (χ4v) is 4.20. The monoisotopic (exact) mass is 320 g/mol. The maximum atomic E-state index is 6.13. The Morgan fingerprint density at radius 1 is 0.700 bits per heavy atom. The molecule has 0 atom stereocenters. The van der Waals surface area contributed by atoms with Crippen molar-refractivity contribution in [3.8, 4) is 0 Å². The first kappa shape index (κ1) is 14.0. The molecule has 0 unspecified atom stereocenters. The van der Waals surface area contributed by atoms with Crippen LogP contribution in [-0.2, 0) is 0 Å². The Labute approximate surface area is 130 Å². The van der Waals surface area contributed by atoms with E-state index in [1.165, 1.54) is 36.5 Å². The minimum absolute atomic E-state index is 1.11. The zero-order valence-corrected chi connectivity index (χ0v) is 13.7. The second-order valence-electron chi connectivity index (χ2n) is 5.02. The zero-order valence-electron chi connectivity index (χ0n) is 11.2. The summed E-state index contributed by atoms with van der Waals surface area (Å²) < 4.78 is 2.04. The van der Waals surface area contributed by atoms with Crippen molar-refractivity contribution in [3.05, 3.63) is 48.5 Å². The van der Waals surface area contributed by atoms with Crippen LogP contribution in [0, 0.1) is 0 Å². The molecule has 0 bridgehead atoms. The molecule has 1 saturated carbocycles. The van der Waals surface area contributed by atoms with Gasteiger partial charge in [0.05, 0.1) is 0 Å². The second kappa shape index (κ2) is 6.21. The molecular weight excluding hydrogens is 305 g/mol. The Balaban J connectivity index is 0.000000261. The van der Waals surface area contributed by atoms with Gasteiger partial charge >= 0.3 is 7.58 Å². The van der Waals surface area contributed by atoms with Crippen LogP contribution in [0.4, 0.5) is 0 Å². The van der Waals surface area contributed by atoms with Crippen molar-refractivity contribution in [2.75, 3.05) is 0 Å². The molecule has 0 N–H and O–H groups in total. The third-order valence-corrected chi connectivity index (χ3v) is 5.58. The SMILES string of the molecule is C1CCC1.Cl[Si](Cl)n1c2ccccc2c2ccccc21. The molecule has 1 aromatic heterocycles. The number of nitrogens with zero attached hydrogens (tertiary/aromatic N) is 1. The number of fused-ring (bicyclic) bond motifs is 3. The van der Waals surface area contributed by atoms with Gasteiger partial charge in [0.2, 0.25) is 0 Å². The maximum Gasteiger partial charge on any atom is 0.399 e. The van der Waals surface area contributed by atoms with Crippen molar-refractivity contribution < 1.29 is 0 Å². The van der Waals surface area contributed by atoms with E-state index in [0.717, 1.165) is 11.0 Å². The highest BCUT2D eigenvalue weighted by atomic mass is 35.7. The summed E-state index contributed by atoms with van der Waals surface area (Å²) in [5.41, 5.74) is 2.23. The van der Waals surface area contributed by atoms with Gasteiger partial charge in [-0.25, -0.2) is 0 Å². The first-order chi connectivity index (χ1) is 9.79. The van der Waals surface area contributed by atoms with E-state index in [2.05, 4.69) is 24.3 Å². The Bertz CT molecular complexity index is 659. The summed E-state index contributed by atoms with van der Waals surface area (Å²) >= 11 is 12.3. The first-order valence-corrected chi connectivity index (χ1v) is 10.4. The molecule has 1 aliphatic rings. The molecule has 1 nitrogen and oxygen atoms in total. The van der Waals surface area contributed by atoms with Crippen LogP contribution < -0.4 is 0 Å².